The molecule has 2 nitrogen and oxygen atoms in total. The van der Waals surface area contributed by atoms with Crippen molar-refractivity contribution in [2.75, 3.05) is 13.1 Å². The van der Waals surface area contributed by atoms with Crippen molar-refractivity contribution in [3.8, 4) is 0 Å². The van der Waals surface area contributed by atoms with Crippen LogP contribution in [0.15, 0.2) is 18.2 Å². The average molecular weight is 230 g/mol. The highest BCUT2D eigenvalue weighted by Gasteiger charge is 2.26. The van der Waals surface area contributed by atoms with Crippen molar-refractivity contribution in [3.05, 3.63) is 34.9 Å². The van der Waals surface area contributed by atoms with Gasteiger partial charge in [-0.05, 0) is 67.3 Å². The third-order valence-electron chi connectivity index (χ3n) is 4.21. The number of hydrogen-bond acceptors (Lipinski definition) is 2. The first-order chi connectivity index (χ1) is 8.38. The smallest absolute Gasteiger partial charge is 0.0181 e. The van der Waals surface area contributed by atoms with E-state index >= 15 is 0 Å². The zero-order chi connectivity index (χ0) is 11.7. The van der Waals surface area contributed by atoms with Gasteiger partial charge in [0.05, 0.1) is 0 Å². The Morgan fingerprint density at radius 3 is 2.47 bits per heavy atom. The zero-order valence-corrected chi connectivity index (χ0v) is 10.4. The molecule has 1 aliphatic carbocycles. The topological polar surface area (TPSA) is 38.0 Å². The average Bonchev–Trinajstić information content (AvgIpc) is 3.23. The van der Waals surface area contributed by atoms with Crippen LogP contribution in [0.4, 0.5) is 0 Å². The van der Waals surface area contributed by atoms with E-state index in [1.807, 2.05) is 0 Å². The quantitative estimate of drug-likeness (QED) is 0.837. The van der Waals surface area contributed by atoms with Crippen LogP contribution in [0.2, 0.25) is 0 Å². The Labute approximate surface area is 104 Å². The van der Waals surface area contributed by atoms with Gasteiger partial charge < -0.3 is 11.1 Å². The van der Waals surface area contributed by atoms with Crippen molar-refractivity contribution in [1.29, 1.82) is 0 Å². The molecule has 2 heteroatoms. The van der Waals surface area contributed by atoms with Gasteiger partial charge in [0.1, 0.15) is 0 Å². The van der Waals surface area contributed by atoms with Crippen LogP contribution >= 0.6 is 0 Å². The molecule has 17 heavy (non-hydrogen) atoms. The molecular weight excluding hydrogens is 208 g/mol. The summed E-state index contributed by atoms with van der Waals surface area (Å²) in [7, 11) is 0. The maximum atomic E-state index is 5.90. The van der Waals surface area contributed by atoms with Gasteiger partial charge in [-0.25, -0.2) is 0 Å². The highest BCUT2D eigenvalue weighted by molar-refractivity contribution is 5.38. The van der Waals surface area contributed by atoms with Crippen molar-refractivity contribution in [2.45, 2.75) is 44.1 Å². The van der Waals surface area contributed by atoms with E-state index in [0.717, 1.165) is 24.9 Å². The molecule has 1 heterocycles. The molecule has 3 N–H and O–H groups in total. The van der Waals surface area contributed by atoms with Crippen LogP contribution in [-0.4, -0.2) is 13.1 Å². The lowest BCUT2D eigenvalue weighted by atomic mass is 9.87. The summed E-state index contributed by atoms with van der Waals surface area (Å²) in [5, 5.41) is 3.43. The summed E-state index contributed by atoms with van der Waals surface area (Å²) in [4.78, 5) is 0. The van der Waals surface area contributed by atoms with E-state index < -0.39 is 0 Å². The van der Waals surface area contributed by atoms with Crippen LogP contribution in [0.3, 0.4) is 0 Å². The second-order valence-corrected chi connectivity index (χ2v) is 5.46. The van der Waals surface area contributed by atoms with Crippen molar-refractivity contribution in [2.24, 2.45) is 5.73 Å². The number of hydrogen-bond donors (Lipinski definition) is 2. The fraction of sp³-hybridized carbons (Fsp3) is 0.600. The number of piperidine rings is 1. The third-order valence-corrected chi connectivity index (χ3v) is 4.21. The molecule has 1 aromatic rings. The van der Waals surface area contributed by atoms with Crippen LogP contribution in [0.1, 0.15) is 54.2 Å². The molecule has 0 spiro atoms. The maximum absolute atomic E-state index is 5.90. The van der Waals surface area contributed by atoms with Crippen molar-refractivity contribution < 1.29 is 0 Å². The standard InChI is InChI=1S/C15H22N2/c16-10-14-9-13(11-5-7-17-8-6-11)3-4-15(14)12-1-2-12/h3-4,9,11-12,17H,1-2,5-8,10,16H2. The third kappa shape index (κ3) is 2.38. The Hall–Kier alpha value is -0.860. The van der Waals surface area contributed by atoms with Gasteiger partial charge in [0, 0.05) is 6.54 Å². The Morgan fingerprint density at radius 1 is 1.06 bits per heavy atom. The summed E-state index contributed by atoms with van der Waals surface area (Å²) in [5.41, 5.74) is 10.3. The van der Waals surface area contributed by atoms with Gasteiger partial charge in [-0.1, -0.05) is 18.2 Å². The minimum atomic E-state index is 0.699. The van der Waals surface area contributed by atoms with E-state index in [4.69, 9.17) is 5.73 Å². The lowest BCUT2D eigenvalue weighted by Gasteiger charge is -2.24. The van der Waals surface area contributed by atoms with Gasteiger partial charge in [0.2, 0.25) is 0 Å². The van der Waals surface area contributed by atoms with E-state index in [2.05, 4.69) is 23.5 Å². The second-order valence-electron chi connectivity index (χ2n) is 5.46. The summed E-state index contributed by atoms with van der Waals surface area (Å²) in [6.45, 7) is 3.02. The van der Waals surface area contributed by atoms with E-state index in [0.29, 0.717) is 6.54 Å². The molecule has 0 radical (unpaired) electrons. The molecule has 0 aromatic heterocycles. The van der Waals surface area contributed by atoms with E-state index in [9.17, 15) is 0 Å². The summed E-state index contributed by atoms with van der Waals surface area (Å²) in [5.74, 6) is 1.56. The zero-order valence-electron chi connectivity index (χ0n) is 10.4. The lowest BCUT2D eigenvalue weighted by Crippen LogP contribution is -2.26. The Morgan fingerprint density at radius 2 is 1.82 bits per heavy atom. The van der Waals surface area contributed by atoms with E-state index in [-0.39, 0.29) is 0 Å². The maximum Gasteiger partial charge on any atom is 0.0181 e. The first-order valence-electron chi connectivity index (χ1n) is 6.92. The first kappa shape index (κ1) is 11.2. The summed E-state index contributed by atoms with van der Waals surface area (Å²) in [6.07, 6.45) is 5.26. The Balaban J connectivity index is 1.84. The van der Waals surface area contributed by atoms with E-state index in [1.165, 1.54) is 42.4 Å². The fourth-order valence-electron chi connectivity index (χ4n) is 3.00. The largest absolute Gasteiger partial charge is 0.326 e. The highest BCUT2D eigenvalue weighted by Crippen LogP contribution is 2.42. The summed E-state index contributed by atoms with van der Waals surface area (Å²) < 4.78 is 0. The minimum absolute atomic E-state index is 0.699. The Bertz CT molecular complexity index is 390. The van der Waals surface area contributed by atoms with Gasteiger partial charge in [0.15, 0.2) is 0 Å². The van der Waals surface area contributed by atoms with Crippen LogP contribution in [0, 0.1) is 0 Å². The van der Waals surface area contributed by atoms with Gasteiger partial charge >= 0.3 is 0 Å². The molecular formula is C15H22N2. The van der Waals surface area contributed by atoms with Gasteiger partial charge in [-0.2, -0.15) is 0 Å². The number of rotatable bonds is 3. The summed E-state index contributed by atoms with van der Waals surface area (Å²) in [6, 6.07) is 7.07. The molecule has 2 aliphatic rings. The molecule has 1 aromatic carbocycles. The highest BCUT2D eigenvalue weighted by atomic mass is 14.9. The molecule has 0 amide bonds. The van der Waals surface area contributed by atoms with Crippen molar-refractivity contribution in [1.82, 2.24) is 5.32 Å². The molecule has 0 unspecified atom stereocenters. The molecule has 0 bridgehead atoms. The molecule has 0 atom stereocenters. The minimum Gasteiger partial charge on any atom is -0.326 e. The first-order valence-corrected chi connectivity index (χ1v) is 6.92. The van der Waals surface area contributed by atoms with Gasteiger partial charge in [-0.15, -0.1) is 0 Å². The van der Waals surface area contributed by atoms with E-state index in [1.54, 1.807) is 0 Å². The van der Waals surface area contributed by atoms with Crippen molar-refractivity contribution in [3.63, 3.8) is 0 Å². The monoisotopic (exact) mass is 230 g/mol. The number of nitrogens with two attached hydrogens (primary N) is 1. The number of nitrogens with one attached hydrogen (secondary N) is 1. The van der Waals surface area contributed by atoms with Crippen LogP contribution in [0.5, 0.6) is 0 Å². The molecule has 1 aliphatic heterocycles. The second kappa shape index (κ2) is 4.79. The van der Waals surface area contributed by atoms with Crippen LogP contribution in [0.25, 0.3) is 0 Å². The van der Waals surface area contributed by atoms with Crippen LogP contribution < -0.4 is 11.1 Å². The fourth-order valence-corrected chi connectivity index (χ4v) is 3.00. The predicted molar refractivity (Wildman–Crippen MR) is 71.2 cm³/mol. The van der Waals surface area contributed by atoms with Crippen molar-refractivity contribution >= 4 is 0 Å². The Kier molecular flexibility index (Phi) is 3.17. The molecule has 1 saturated carbocycles. The summed E-state index contributed by atoms with van der Waals surface area (Å²) >= 11 is 0. The van der Waals surface area contributed by atoms with Gasteiger partial charge in [0.25, 0.3) is 0 Å². The number of benzene rings is 1. The molecule has 1 saturated heterocycles. The van der Waals surface area contributed by atoms with Crippen LogP contribution in [-0.2, 0) is 6.54 Å². The molecule has 3 rings (SSSR count). The lowest BCUT2D eigenvalue weighted by molar-refractivity contribution is 0.460. The predicted octanol–water partition coefficient (Wildman–Crippen LogP) is 2.49. The van der Waals surface area contributed by atoms with Gasteiger partial charge in [-0.3, -0.25) is 0 Å². The normalized spacial score (nSPS) is 21.7. The SMILES string of the molecule is NCc1cc(C2CCNCC2)ccc1C1CC1. The molecule has 92 valence electrons. The molecule has 2 fully saturated rings.